The number of anilines is 2. The van der Waals surface area contributed by atoms with E-state index >= 15 is 0 Å². The number of carboxylic acid groups (broad SMARTS) is 2. The summed E-state index contributed by atoms with van der Waals surface area (Å²) in [6, 6.07) is 17.8. The summed E-state index contributed by atoms with van der Waals surface area (Å²) in [5, 5.41) is 26.1. The molecule has 0 saturated heterocycles. The summed E-state index contributed by atoms with van der Waals surface area (Å²) in [7, 11) is 0. The van der Waals surface area contributed by atoms with Gasteiger partial charge in [0.05, 0.1) is 27.6 Å². The maximum Gasteiger partial charge on any atom is 0.336 e. The van der Waals surface area contributed by atoms with Gasteiger partial charge in [-0.25, -0.2) is 14.6 Å². The number of halogens is 1. The zero-order chi connectivity index (χ0) is 28.8. The standard InChI is InChI=1S/C28H22BrN3O6S2/c1-2-23(25(34)32-28-31-22(14-39-28)15-6-9-17(29)10-7-15)40-19-5-3-4-18(13-19)30-24(33)20-11-8-16(26(35)36)12-21(20)27(37)38/h3-14,23H,2H2,1H3,(H,30,33)(H,35,36)(H,37,38)(H,31,32,34). The van der Waals surface area contributed by atoms with Gasteiger partial charge in [0.25, 0.3) is 5.91 Å². The van der Waals surface area contributed by atoms with Crippen molar-refractivity contribution >= 4 is 73.6 Å². The van der Waals surface area contributed by atoms with E-state index in [0.717, 1.165) is 21.8 Å². The van der Waals surface area contributed by atoms with Crippen molar-refractivity contribution in [3.05, 3.63) is 93.3 Å². The van der Waals surface area contributed by atoms with Crippen molar-refractivity contribution in [1.29, 1.82) is 0 Å². The Kier molecular flexibility index (Phi) is 9.35. The Morgan fingerprint density at radius 1 is 0.950 bits per heavy atom. The van der Waals surface area contributed by atoms with Gasteiger partial charge >= 0.3 is 11.9 Å². The molecule has 0 fully saturated rings. The highest BCUT2D eigenvalue weighted by Crippen LogP contribution is 2.30. The highest BCUT2D eigenvalue weighted by atomic mass is 79.9. The number of nitrogens with one attached hydrogen (secondary N) is 2. The van der Waals surface area contributed by atoms with E-state index in [1.807, 2.05) is 36.6 Å². The van der Waals surface area contributed by atoms with Crippen molar-refractivity contribution in [3.8, 4) is 11.3 Å². The third-order valence-corrected chi connectivity index (χ3v) is 8.29. The number of hydrogen-bond acceptors (Lipinski definition) is 7. The molecule has 0 bridgehead atoms. The molecular formula is C28H22BrN3O6S2. The van der Waals surface area contributed by atoms with Crippen LogP contribution in [0.4, 0.5) is 10.8 Å². The normalized spacial score (nSPS) is 11.4. The number of carbonyl (C=O) groups is 4. The van der Waals surface area contributed by atoms with Crippen molar-refractivity contribution in [2.75, 3.05) is 10.6 Å². The summed E-state index contributed by atoms with van der Waals surface area (Å²) in [6.07, 6.45) is 0.538. The molecule has 204 valence electrons. The molecule has 0 aliphatic rings. The summed E-state index contributed by atoms with van der Waals surface area (Å²) in [5.41, 5.74) is 1.26. The summed E-state index contributed by atoms with van der Waals surface area (Å²) in [6.45, 7) is 1.90. The zero-order valence-corrected chi connectivity index (χ0v) is 24.1. The summed E-state index contributed by atoms with van der Waals surface area (Å²) in [5.74, 6) is -3.62. The predicted octanol–water partition coefficient (Wildman–Crippen LogP) is 6.73. The first-order valence-electron chi connectivity index (χ1n) is 11.9. The monoisotopic (exact) mass is 639 g/mol. The molecule has 0 saturated carbocycles. The molecule has 4 rings (SSSR count). The largest absolute Gasteiger partial charge is 0.478 e. The topological polar surface area (TPSA) is 146 Å². The lowest BCUT2D eigenvalue weighted by atomic mass is 10.0. The number of carboxylic acids is 2. The molecule has 12 heteroatoms. The molecule has 0 radical (unpaired) electrons. The second kappa shape index (κ2) is 12.9. The van der Waals surface area contributed by atoms with Crippen molar-refractivity contribution in [1.82, 2.24) is 4.98 Å². The quantitative estimate of drug-likeness (QED) is 0.140. The lowest BCUT2D eigenvalue weighted by Crippen LogP contribution is -2.24. The average Bonchev–Trinajstić information content (AvgIpc) is 3.40. The Labute approximate surface area is 245 Å². The number of nitrogens with zero attached hydrogens (tertiary/aromatic N) is 1. The Balaban J connectivity index is 1.43. The number of thiazole rings is 1. The van der Waals surface area contributed by atoms with Crippen LogP contribution < -0.4 is 10.6 Å². The number of thioether (sulfide) groups is 1. The van der Waals surface area contributed by atoms with E-state index in [-0.39, 0.29) is 17.0 Å². The number of aromatic nitrogens is 1. The van der Waals surface area contributed by atoms with Crippen LogP contribution in [0.25, 0.3) is 11.3 Å². The molecule has 40 heavy (non-hydrogen) atoms. The number of amides is 2. The van der Waals surface area contributed by atoms with Gasteiger partial charge in [0.15, 0.2) is 5.13 Å². The van der Waals surface area contributed by atoms with Gasteiger partial charge in [0.1, 0.15) is 0 Å². The first-order chi connectivity index (χ1) is 19.1. The molecular weight excluding hydrogens is 618 g/mol. The highest BCUT2D eigenvalue weighted by Gasteiger charge is 2.21. The number of benzene rings is 3. The van der Waals surface area contributed by atoms with E-state index in [1.54, 1.807) is 24.3 Å². The fourth-order valence-corrected chi connectivity index (χ4v) is 5.65. The maximum atomic E-state index is 13.0. The van der Waals surface area contributed by atoms with Crippen molar-refractivity contribution < 1.29 is 29.4 Å². The van der Waals surface area contributed by atoms with Crippen LogP contribution in [0.15, 0.2) is 81.5 Å². The third kappa shape index (κ3) is 7.14. The van der Waals surface area contributed by atoms with Crippen LogP contribution in [0, 0.1) is 0 Å². The Bertz CT molecular complexity index is 1590. The summed E-state index contributed by atoms with van der Waals surface area (Å²) >= 11 is 6.07. The molecule has 0 spiro atoms. The first-order valence-corrected chi connectivity index (χ1v) is 14.4. The van der Waals surface area contributed by atoms with Crippen LogP contribution in [-0.4, -0.2) is 44.2 Å². The molecule has 1 heterocycles. The van der Waals surface area contributed by atoms with Gasteiger partial charge in [-0.2, -0.15) is 0 Å². The zero-order valence-electron chi connectivity index (χ0n) is 20.9. The molecule has 0 aliphatic heterocycles. The molecule has 0 aliphatic carbocycles. The fourth-order valence-electron chi connectivity index (χ4n) is 3.65. The predicted molar refractivity (Wildman–Crippen MR) is 159 cm³/mol. The summed E-state index contributed by atoms with van der Waals surface area (Å²) in [4.78, 5) is 53.9. The molecule has 1 unspecified atom stereocenters. The Morgan fingerprint density at radius 2 is 1.70 bits per heavy atom. The molecule has 9 nitrogen and oxygen atoms in total. The number of hydrogen-bond donors (Lipinski definition) is 4. The Morgan fingerprint density at radius 3 is 2.38 bits per heavy atom. The van der Waals surface area contributed by atoms with Gasteiger partial charge in [0.2, 0.25) is 5.91 Å². The molecule has 4 aromatic rings. The van der Waals surface area contributed by atoms with E-state index in [4.69, 9.17) is 5.11 Å². The lowest BCUT2D eigenvalue weighted by molar-refractivity contribution is -0.115. The van der Waals surface area contributed by atoms with Gasteiger partial charge < -0.3 is 20.8 Å². The van der Waals surface area contributed by atoms with Crippen LogP contribution in [0.5, 0.6) is 0 Å². The lowest BCUT2D eigenvalue weighted by Gasteiger charge is -2.15. The minimum Gasteiger partial charge on any atom is -0.478 e. The fraction of sp³-hybridized carbons (Fsp3) is 0.107. The van der Waals surface area contributed by atoms with Crippen LogP contribution >= 0.6 is 39.0 Å². The van der Waals surface area contributed by atoms with Crippen LogP contribution in [0.2, 0.25) is 0 Å². The van der Waals surface area contributed by atoms with E-state index in [0.29, 0.717) is 22.1 Å². The highest BCUT2D eigenvalue weighted by molar-refractivity contribution is 9.10. The van der Waals surface area contributed by atoms with E-state index in [1.165, 1.54) is 35.2 Å². The number of aromatic carboxylic acids is 2. The van der Waals surface area contributed by atoms with Crippen molar-refractivity contribution in [3.63, 3.8) is 0 Å². The van der Waals surface area contributed by atoms with E-state index < -0.39 is 28.7 Å². The van der Waals surface area contributed by atoms with Gasteiger partial charge in [-0.15, -0.1) is 23.1 Å². The Hall–Kier alpha value is -4.00. The molecule has 4 N–H and O–H groups in total. The smallest absolute Gasteiger partial charge is 0.336 e. The van der Waals surface area contributed by atoms with Gasteiger partial charge in [0, 0.05) is 26.0 Å². The minimum absolute atomic E-state index is 0.174. The second-order valence-electron chi connectivity index (χ2n) is 8.40. The number of carbonyl (C=O) groups excluding carboxylic acids is 2. The minimum atomic E-state index is -1.42. The average molecular weight is 641 g/mol. The maximum absolute atomic E-state index is 13.0. The molecule has 2 amide bonds. The van der Waals surface area contributed by atoms with Gasteiger partial charge in [-0.05, 0) is 55.0 Å². The molecule has 3 aromatic carbocycles. The van der Waals surface area contributed by atoms with Crippen LogP contribution in [0.3, 0.4) is 0 Å². The van der Waals surface area contributed by atoms with E-state index in [9.17, 15) is 24.3 Å². The van der Waals surface area contributed by atoms with Gasteiger partial charge in [-0.3, -0.25) is 9.59 Å². The van der Waals surface area contributed by atoms with Crippen molar-refractivity contribution in [2.24, 2.45) is 0 Å². The number of rotatable bonds is 10. The first kappa shape index (κ1) is 29.0. The van der Waals surface area contributed by atoms with Crippen molar-refractivity contribution in [2.45, 2.75) is 23.5 Å². The SMILES string of the molecule is CCC(Sc1cccc(NC(=O)c2ccc(C(=O)O)cc2C(=O)O)c1)C(=O)Nc1nc(-c2ccc(Br)cc2)cs1. The third-order valence-electron chi connectivity index (χ3n) is 5.65. The second-order valence-corrected chi connectivity index (χ2v) is 11.5. The summed E-state index contributed by atoms with van der Waals surface area (Å²) < 4.78 is 0.964. The van der Waals surface area contributed by atoms with Crippen LogP contribution in [-0.2, 0) is 4.79 Å². The molecule has 1 aromatic heterocycles. The van der Waals surface area contributed by atoms with Gasteiger partial charge in [-0.1, -0.05) is 41.1 Å². The van der Waals surface area contributed by atoms with E-state index in [2.05, 4.69) is 31.5 Å². The molecule has 1 atom stereocenters. The van der Waals surface area contributed by atoms with Crippen LogP contribution in [0.1, 0.15) is 44.4 Å².